The van der Waals surface area contributed by atoms with Crippen LogP contribution in [0.1, 0.15) is 35.7 Å². The van der Waals surface area contributed by atoms with Gasteiger partial charge < -0.3 is 4.74 Å². The predicted molar refractivity (Wildman–Crippen MR) is 83.8 cm³/mol. The topological polar surface area (TPSA) is 66.2 Å². The van der Waals surface area contributed by atoms with E-state index >= 15 is 0 Å². The Kier molecular flexibility index (Phi) is 3.23. The van der Waals surface area contributed by atoms with Gasteiger partial charge >= 0.3 is 6.09 Å². The third kappa shape index (κ3) is 2.33. The van der Waals surface area contributed by atoms with E-state index in [4.69, 9.17) is 10.00 Å². The maximum atomic E-state index is 12.5. The lowest BCUT2D eigenvalue weighted by molar-refractivity contribution is 0.136. The van der Waals surface area contributed by atoms with Crippen LogP contribution in [0.2, 0.25) is 0 Å². The molecular formula is C18H15N3O2. The number of carbonyl (C=O) groups excluding carboxylic acids is 1. The van der Waals surface area contributed by atoms with E-state index < -0.39 is 0 Å². The van der Waals surface area contributed by atoms with Crippen molar-refractivity contribution in [2.24, 2.45) is 0 Å². The van der Waals surface area contributed by atoms with Gasteiger partial charge in [0.25, 0.3) is 0 Å². The Labute approximate surface area is 134 Å². The molecule has 5 rings (SSSR count). The fraction of sp³-hybridized carbons (Fsp3) is 0.278. The van der Waals surface area contributed by atoms with Crippen molar-refractivity contribution in [1.82, 2.24) is 4.98 Å². The molecule has 1 saturated carbocycles. The van der Waals surface area contributed by atoms with Crippen LogP contribution in [0.4, 0.5) is 10.5 Å². The molecule has 2 aromatic rings. The number of pyridine rings is 1. The second-order valence-electron chi connectivity index (χ2n) is 5.94. The number of anilines is 1. The van der Waals surface area contributed by atoms with Gasteiger partial charge in [-0.2, -0.15) is 5.26 Å². The second-order valence-corrected chi connectivity index (χ2v) is 5.94. The smallest absolute Gasteiger partial charge is 0.414 e. The fourth-order valence-electron chi connectivity index (χ4n) is 3.29. The van der Waals surface area contributed by atoms with Crippen molar-refractivity contribution in [1.29, 1.82) is 5.26 Å². The zero-order valence-electron chi connectivity index (χ0n) is 12.5. The third-order valence-electron chi connectivity index (χ3n) is 4.54. The van der Waals surface area contributed by atoms with E-state index in [1.807, 2.05) is 36.4 Å². The maximum absolute atomic E-state index is 12.5. The molecule has 23 heavy (non-hydrogen) atoms. The molecule has 0 saturated heterocycles. The van der Waals surface area contributed by atoms with Crippen LogP contribution in [0.15, 0.2) is 42.5 Å². The average molecular weight is 305 g/mol. The highest BCUT2D eigenvalue weighted by atomic mass is 16.6. The lowest BCUT2D eigenvalue weighted by Gasteiger charge is -2.48. The predicted octanol–water partition coefficient (Wildman–Crippen LogP) is 3.36. The van der Waals surface area contributed by atoms with Crippen LogP contribution < -0.4 is 4.90 Å². The van der Waals surface area contributed by atoms with E-state index in [1.165, 1.54) is 0 Å². The van der Waals surface area contributed by atoms with E-state index in [-0.39, 0.29) is 18.7 Å². The van der Waals surface area contributed by atoms with Gasteiger partial charge in [-0.3, -0.25) is 4.90 Å². The van der Waals surface area contributed by atoms with Crippen molar-refractivity contribution < 1.29 is 9.53 Å². The van der Waals surface area contributed by atoms with Crippen molar-refractivity contribution in [2.75, 3.05) is 4.90 Å². The molecule has 5 heteroatoms. The summed E-state index contributed by atoms with van der Waals surface area (Å²) >= 11 is 0. The summed E-state index contributed by atoms with van der Waals surface area (Å²) < 4.78 is 5.47. The number of aromatic nitrogens is 1. The molecule has 1 fully saturated rings. The Balaban J connectivity index is 1.56. The molecule has 114 valence electrons. The molecule has 0 N–H and O–H groups in total. The number of hydrogen-bond acceptors (Lipinski definition) is 4. The van der Waals surface area contributed by atoms with Crippen LogP contribution >= 0.6 is 0 Å². The van der Waals surface area contributed by atoms with E-state index in [0.717, 1.165) is 29.8 Å². The Morgan fingerprint density at radius 3 is 2.78 bits per heavy atom. The molecule has 3 heterocycles. The fourth-order valence-corrected chi connectivity index (χ4v) is 3.29. The molecule has 3 aliphatic rings. The third-order valence-corrected chi connectivity index (χ3v) is 4.54. The molecule has 0 atom stereocenters. The Hall–Kier alpha value is -2.87. The van der Waals surface area contributed by atoms with E-state index in [0.29, 0.717) is 11.6 Å². The summed E-state index contributed by atoms with van der Waals surface area (Å²) in [6, 6.07) is 15.3. The van der Waals surface area contributed by atoms with Crippen molar-refractivity contribution >= 4 is 11.8 Å². The number of nitrogens with zero attached hydrogens (tertiary/aromatic N) is 3. The van der Waals surface area contributed by atoms with Gasteiger partial charge in [-0.1, -0.05) is 30.3 Å². The normalized spacial score (nSPS) is 20.9. The first kappa shape index (κ1) is 13.8. The first-order valence-electron chi connectivity index (χ1n) is 7.67. The van der Waals surface area contributed by atoms with Crippen LogP contribution in [0.25, 0.3) is 0 Å². The van der Waals surface area contributed by atoms with E-state index in [1.54, 1.807) is 11.0 Å². The summed E-state index contributed by atoms with van der Waals surface area (Å²) in [5.74, 6) is 0.362. The van der Waals surface area contributed by atoms with Gasteiger partial charge in [0.2, 0.25) is 0 Å². The van der Waals surface area contributed by atoms with Crippen molar-refractivity contribution in [3.8, 4) is 6.07 Å². The minimum Gasteiger partial charge on any atom is -0.444 e. The molecule has 1 amide bonds. The molecule has 1 aromatic carbocycles. The van der Waals surface area contributed by atoms with Crippen molar-refractivity contribution in [3.63, 3.8) is 0 Å². The first-order valence-corrected chi connectivity index (χ1v) is 7.67. The second kappa shape index (κ2) is 5.40. The minimum atomic E-state index is -0.343. The summed E-state index contributed by atoms with van der Waals surface area (Å²) in [7, 11) is 0. The van der Waals surface area contributed by atoms with Crippen molar-refractivity contribution in [2.45, 2.75) is 31.4 Å². The molecule has 1 aromatic heterocycles. The van der Waals surface area contributed by atoms with E-state index in [9.17, 15) is 4.79 Å². The quantitative estimate of drug-likeness (QED) is 0.853. The number of benzene rings is 1. The zero-order chi connectivity index (χ0) is 15.8. The Morgan fingerprint density at radius 2 is 2.04 bits per heavy atom. The number of ether oxygens (including phenoxy) is 1. The molecular weight excluding hydrogens is 290 g/mol. The highest BCUT2D eigenvalue weighted by Gasteiger charge is 2.46. The number of carbonyl (C=O) groups is 1. The molecule has 0 spiro atoms. The largest absolute Gasteiger partial charge is 0.444 e. The van der Waals surface area contributed by atoms with Crippen LogP contribution in [0.5, 0.6) is 0 Å². The molecule has 2 bridgehead atoms. The van der Waals surface area contributed by atoms with Gasteiger partial charge in [0, 0.05) is 12.0 Å². The Bertz CT molecular complexity index is 792. The van der Waals surface area contributed by atoms with Gasteiger partial charge in [0.1, 0.15) is 18.4 Å². The standard InChI is InChI=1S/C18H15N3O2/c19-10-14-6-7-16-17(20-14)13-8-15(9-13)21(16)18(22)23-11-12-4-2-1-3-5-12/h1-7,13,15H,8-9,11H2. The molecule has 0 radical (unpaired) electrons. The van der Waals surface area contributed by atoms with Crippen LogP contribution in [-0.4, -0.2) is 17.1 Å². The number of rotatable bonds is 2. The van der Waals surface area contributed by atoms with Crippen molar-refractivity contribution in [3.05, 3.63) is 59.4 Å². The SMILES string of the molecule is N#Cc1ccc2c(n1)C1CC(C1)N2C(=O)OCc1ccccc1. The number of amides is 1. The summed E-state index contributed by atoms with van der Waals surface area (Å²) in [6.45, 7) is 0.255. The molecule has 0 unspecified atom stereocenters. The van der Waals surface area contributed by atoms with Gasteiger partial charge in [-0.15, -0.1) is 0 Å². The monoisotopic (exact) mass is 305 g/mol. The minimum absolute atomic E-state index is 0.186. The number of hydrogen-bond donors (Lipinski definition) is 0. The number of nitriles is 1. The lowest BCUT2D eigenvalue weighted by atomic mass is 9.73. The summed E-state index contributed by atoms with van der Waals surface area (Å²) in [6.07, 6.45) is 1.45. The lowest BCUT2D eigenvalue weighted by Crippen LogP contribution is -2.52. The zero-order valence-corrected chi connectivity index (χ0v) is 12.5. The van der Waals surface area contributed by atoms with Crippen LogP contribution in [-0.2, 0) is 11.3 Å². The van der Waals surface area contributed by atoms with Gasteiger partial charge in [-0.25, -0.2) is 9.78 Å². The molecule has 2 aliphatic heterocycles. The summed E-state index contributed by atoms with van der Waals surface area (Å²) in [5, 5.41) is 9.01. The summed E-state index contributed by atoms with van der Waals surface area (Å²) in [4.78, 5) is 18.6. The first-order chi connectivity index (χ1) is 11.3. The van der Waals surface area contributed by atoms with Gasteiger partial charge in [0.05, 0.1) is 11.4 Å². The summed E-state index contributed by atoms with van der Waals surface area (Å²) in [5.41, 5.74) is 2.99. The van der Waals surface area contributed by atoms with Crippen LogP contribution in [0.3, 0.4) is 0 Å². The molecule has 1 aliphatic carbocycles. The van der Waals surface area contributed by atoms with Crippen LogP contribution in [0, 0.1) is 11.3 Å². The maximum Gasteiger partial charge on any atom is 0.414 e. The highest BCUT2D eigenvalue weighted by Crippen LogP contribution is 2.49. The van der Waals surface area contributed by atoms with Gasteiger partial charge in [0.15, 0.2) is 0 Å². The van der Waals surface area contributed by atoms with Gasteiger partial charge in [-0.05, 0) is 30.5 Å². The Morgan fingerprint density at radius 1 is 1.26 bits per heavy atom. The average Bonchev–Trinajstić information content (AvgIpc) is 2.58. The highest BCUT2D eigenvalue weighted by molar-refractivity contribution is 5.91. The molecule has 5 nitrogen and oxygen atoms in total. The van der Waals surface area contributed by atoms with E-state index in [2.05, 4.69) is 11.1 Å².